The van der Waals surface area contributed by atoms with Gasteiger partial charge < -0.3 is 22.7 Å². The van der Waals surface area contributed by atoms with Gasteiger partial charge in [0.25, 0.3) is 5.91 Å². The fraction of sp³-hybridized carbons (Fsp3) is 0.455. The number of nitrogens with two attached hydrogens (primary N) is 1. The van der Waals surface area contributed by atoms with Crippen LogP contribution >= 0.6 is 11.8 Å². The van der Waals surface area contributed by atoms with Gasteiger partial charge in [0.2, 0.25) is 0 Å². The Kier molecular flexibility index (Phi) is 8.79. The average molecular weight is 315 g/mol. The number of quaternary nitrogens is 1. The van der Waals surface area contributed by atoms with Crippen LogP contribution in [0.2, 0.25) is 0 Å². The van der Waals surface area contributed by atoms with E-state index in [1.54, 1.807) is 6.26 Å². The van der Waals surface area contributed by atoms with Crippen molar-refractivity contribution >= 4 is 34.7 Å². The maximum absolute atomic E-state index is 11.3. The third kappa shape index (κ3) is 7.34. The first kappa shape index (κ1) is 16.8. The van der Waals surface area contributed by atoms with E-state index in [0.29, 0.717) is 4.38 Å². The smallest absolute Gasteiger partial charge is 0.291 e. The number of carbonyl (C=O) groups excluding carboxylic acids is 1. The monoisotopic (exact) mass is 315 g/mol. The highest BCUT2D eigenvalue weighted by Gasteiger charge is 2.03. The summed E-state index contributed by atoms with van der Waals surface area (Å²) in [5, 5.41) is 5.91. The van der Waals surface area contributed by atoms with Crippen LogP contribution in [0.15, 0.2) is 23.7 Å². The highest BCUT2D eigenvalue weighted by atomic mass is 32.2. The maximum atomic E-state index is 11.3. The molecule has 9 heteroatoms. The van der Waals surface area contributed by atoms with Gasteiger partial charge in [0, 0.05) is 12.4 Å². The second-order valence-electron chi connectivity index (χ2n) is 3.59. The van der Waals surface area contributed by atoms with Crippen LogP contribution in [-0.4, -0.2) is 52.8 Å². The van der Waals surface area contributed by atoms with Crippen LogP contribution in [-0.2, 0) is 17.4 Å². The highest BCUT2D eigenvalue weighted by Crippen LogP contribution is 1.94. The van der Waals surface area contributed by atoms with E-state index in [2.05, 4.69) is 25.8 Å². The minimum absolute atomic E-state index is 0.208. The molecule has 0 spiro atoms. The Morgan fingerprint density at radius 1 is 1.50 bits per heavy atom. The lowest BCUT2D eigenvalue weighted by atomic mass is 10.4. The Morgan fingerprint density at radius 2 is 2.25 bits per heavy atom. The van der Waals surface area contributed by atoms with Gasteiger partial charge in [-0.05, 0) is 10.6 Å². The van der Waals surface area contributed by atoms with Gasteiger partial charge in [-0.25, -0.2) is 10.4 Å². The molecule has 1 aromatic heterocycles. The van der Waals surface area contributed by atoms with Crippen molar-refractivity contribution < 1.29 is 14.8 Å². The zero-order valence-electron chi connectivity index (χ0n) is 11.1. The molecule has 0 atom stereocenters. The van der Waals surface area contributed by atoms with E-state index in [0.717, 1.165) is 26.3 Å². The van der Waals surface area contributed by atoms with Gasteiger partial charge in [-0.15, -0.1) is 11.8 Å². The first-order valence-electron chi connectivity index (χ1n) is 5.98. The van der Waals surface area contributed by atoms with Crippen molar-refractivity contribution in [2.75, 3.05) is 32.6 Å². The summed E-state index contributed by atoms with van der Waals surface area (Å²) in [5.74, 6) is -0.422. The van der Waals surface area contributed by atoms with E-state index < -0.39 is 5.91 Å². The molecule has 0 radical (unpaired) electrons. The third-order valence-electron chi connectivity index (χ3n) is 2.15. The number of carbonyl (C=O) groups is 1. The lowest BCUT2D eigenvalue weighted by Gasteiger charge is -2.07. The SMILES string of the molecule is C1COCC[NH2+]1.CS/C([S-])=N/NC(=O)c1cnccn1. The number of hydrogen-bond donors (Lipinski definition) is 2. The number of aromatic nitrogens is 2. The fourth-order valence-corrected chi connectivity index (χ4v) is 1.38. The summed E-state index contributed by atoms with van der Waals surface area (Å²) in [4.78, 5) is 18.8. The standard InChI is InChI=1S/C7H8N4OS2.C4H9NO/c1-14-7(13)11-10-6(12)5-4-8-2-3-9-5;1-3-6-4-2-5-1/h2-4H,1H3,(H,10,12)(H,11,13);5H,1-4H2. The molecule has 0 saturated carbocycles. The number of ether oxygens (including phenoxy) is 1. The first-order valence-corrected chi connectivity index (χ1v) is 7.61. The predicted octanol–water partition coefficient (Wildman–Crippen LogP) is -1.03. The first-order chi connectivity index (χ1) is 9.74. The van der Waals surface area contributed by atoms with Crippen molar-refractivity contribution in [2.45, 2.75) is 0 Å². The van der Waals surface area contributed by atoms with Gasteiger partial charge in [-0.1, -0.05) is 0 Å². The van der Waals surface area contributed by atoms with Crippen LogP contribution in [0.5, 0.6) is 0 Å². The number of rotatable bonds is 2. The minimum Gasteiger partial charge on any atom is -0.752 e. The quantitative estimate of drug-likeness (QED) is 0.314. The molecule has 3 N–H and O–H groups in total. The second kappa shape index (κ2) is 10.5. The zero-order chi connectivity index (χ0) is 14.6. The Balaban J connectivity index is 0.000000276. The molecule has 20 heavy (non-hydrogen) atoms. The molecule has 2 rings (SSSR count). The maximum Gasteiger partial charge on any atom is 0.291 e. The van der Waals surface area contributed by atoms with Crippen molar-refractivity contribution in [1.29, 1.82) is 0 Å². The topological polar surface area (TPSA) is 93.1 Å². The predicted molar refractivity (Wildman–Crippen MR) is 80.3 cm³/mol. The molecule has 0 aromatic carbocycles. The molecule has 7 nitrogen and oxygen atoms in total. The van der Waals surface area contributed by atoms with E-state index in [4.69, 9.17) is 17.4 Å². The van der Waals surface area contributed by atoms with E-state index in [1.165, 1.54) is 30.4 Å². The molecule has 2 heterocycles. The summed E-state index contributed by atoms with van der Waals surface area (Å²) in [6, 6.07) is 0. The van der Waals surface area contributed by atoms with Gasteiger partial charge in [-0.3, -0.25) is 9.78 Å². The lowest BCUT2D eigenvalue weighted by molar-refractivity contribution is -0.670. The average Bonchev–Trinajstić information content (AvgIpc) is 2.55. The summed E-state index contributed by atoms with van der Waals surface area (Å²) >= 11 is 6.05. The van der Waals surface area contributed by atoms with Crippen molar-refractivity contribution in [3.63, 3.8) is 0 Å². The molecular formula is C11H17N5O2S2. The lowest BCUT2D eigenvalue weighted by Crippen LogP contribution is -2.87. The van der Waals surface area contributed by atoms with Gasteiger partial charge in [0.15, 0.2) is 0 Å². The number of thioether (sulfide) groups is 1. The molecule has 110 valence electrons. The summed E-state index contributed by atoms with van der Waals surface area (Å²) < 4.78 is 5.40. The van der Waals surface area contributed by atoms with Crippen LogP contribution in [0.25, 0.3) is 0 Å². The van der Waals surface area contributed by atoms with Crippen LogP contribution in [0, 0.1) is 0 Å². The van der Waals surface area contributed by atoms with Crippen molar-refractivity contribution in [1.82, 2.24) is 15.4 Å². The summed E-state index contributed by atoms with van der Waals surface area (Å²) in [6.07, 6.45) is 6.05. The molecule has 0 unspecified atom stereocenters. The minimum atomic E-state index is -0.422. The number of amides is 1. The molecule has 1 aliphatic heterocycles. The van der Waals surface area contributed by atoms with E-state index in [1.807, 2.05) is 0 Å². The van der Waals surface area contributed by atoms with Gasteiger partial charge in [0.05, 0.1) is 32.5 Å². The van der Waals surface area contributed by atoms with Crippen LogP contribution < -0.4 is 10.7 Å². The Morgan fingerprint density at radius 3 is 2.70 bits per heavy atom. The number of nitrogens with one attached hydrogen (secondary N) is 1. The van der Waals surface area contributed by atoms with Crippen molar-refractivity contribution in [2.24, 2.45) is 5.10 Å². The van der Waals surface area contributed by atoms with Gasteiger partial charge in [-0.2, -0.15) is 5.10 Å². The molecule has 1 saturated heterocycles. The van der Waals surface area contributed by atoms with Gasteiger partial charge >= 0.3 is 0 Å². The summed E-state index contributed by atoms with van der Waals surface area (Å²) in [7, 11) is 0. The van der Waals surface area contributed by atoms with E-state index >= 15 is 0 Å². The normalized spacial score (nSPS) is 14.9. The molecule has 1 fully saturated rings. The van der Waals surface area contributed by atoms with Crippen LogP contribution in [0.4, 0.5) is 0 Å². The summed E-state index contributed by atoms with van der Waals surface area (Å²) in [5.41, 5.74) is 2.48. The molecular weight excluding hydrogens is 298 g/mol. The highest BCUT2D eigenvalue weighted by molar-refractivity contribution is 8.26. The molecule has 1 aromatic rings. The van der Waals surface area contributed by atoms with Crippen molar-refractivity contribution in [3.8, 4) is 0 Å². The Bertz CT molecular complexity index is 415. The van der Waals surface area contributed by atoms with Crippen molar-refractivity contribution in [3.05, 3.63) is 24.3 Å². The van der Waals surface area contributed by atoms with Gasteiger partial charge in [0.1, 0.15) is 5.69 Å². The van der Waals surface area contributed by atoms with Crippen LogP contribution in [0.1, 0.15) is 10.5 Å². The fourth-order valence-electron chi connectivity index (χ4n) is 1.20. The van der Waals surface area contributed by atoms with Crippen LogP contribution in [0.3, 0.4) is 0 Å². The largest absolute Gasteiger partial charge is 0.752 e. The summed E-state index contributed by atoms with van der Waals surface area (Å²) in [6.45, 7) is 4.19. The molecule has 1 amide bonds. The second-order valence-corrected chi connectivity index (χ2v) is 5.03. The molecule has 0 bridgehead atoms. The molecule has 0 aliphatic carbocycles. The van der Waals surface area contributed by atoms with E-state index in [9.17, 15) is 4.79 Å². The Labute approximate surface area is 127 Å². The Hall–Kier alpha value is -1.29. The molecule has 1 aliphatic rings. The van der Waals surface area contributed by atoms with E-state index in [-0.39, 0.29) is 5.69 Å². The zero-order valence-corrected chi connectivity index (χ0v) is 12.7. The number of hydrazone groups is 1. The number of hydrogen-bond acceptors (Lipinski definition) is 7. The number of nitrogens with zero attached hydrogens (tertiary/aromatic N) is 3. The third-order valence-corrected chi connectivity index (χ3v) is 3.18. The number of morpholine rings is 1.